The second-order valence-corrected chi connectivity index (χ2v) is 9.71. The number of hydrogen-bond acceptors (Lipinski definition) is 3. The van der Waals surface area contributed by atoms with Gasteiger partial charge in [0.25, 0.3) is 0 Å². The summed E-state index contributed by atoms with van der Waals surface area (Å²) in [7, 11) is 0. The maximum absolute atomic E-state index is 12.8. The highest BCUT2D eigenvalue weighted by atomic mass is 16.5. The molecule has 3 heteroatoms. The lowest BCUT2D eigenvalue weighted by molar-refractivity contribution is -0.138. The molecule has 3 aliphatic carbocycles. The fourth-order valence-electron chi connectivity index (χ4n) is 6.96. The molecule has 0 amide bonds. The summed E-state index contributed by atoms with van der Waals surface area (Å²) in [5.41, 5.74) is 3.52. The summed E-state index contributed by atoms with van der Waals surface area (Å²) in [6.07, 6.45) is 7.17. The first-order chi connectivity index (χ1) is 14.6. The van der Waals surface area contributed by atoms with Gasteiger partial charge in [-0.2, -0.15) is 0 Å². The molecule has 0 aliphatic heterocycles. The molecule has 0 unspecified atom stereocenters. The molecule has 2 aromatic rings. The van der Waals surface area contributed by atoms with E-state index >= 15 is 0 Å². The minimum absolute atomic E-state index is 0.144. The highest BCUT2D eigenvalue weighted by Gasteiger charge is 2.64. The number of hydrogen-bond donors (Lipinski definition) is 0. The van der Waals surface area contributed by atoms with Crippen LogP contribution in [0.25, 0.3) is 0 Å². The molecule has 0 radical (unpaired) electrons. The van der Waals surface area contributed by atoms with E-state index in [1.807, 2.05) is 18.2 Å². The lowest BCUT2D eigenvalue weighted by Gasteiger charge is -2.56. The van der Waals surface area contributed by atoms with Crippen LogP contribution in [-0.2, 0) is 22.6 Å². The van der Waals surface area contributed by atoms with E-state index in [9.17, 15) is 9.59 Å². The van der Waals surface area contributed by atoms with Gasteiger partial charge in [0.05, 0.1) is 0 Å². The molecule has 30 heavy (non-hydrogen) atoms. The summed E-state index contributed by atoms with van der Waals surface area (Å²) in [6.45, 7) is 2.73. The number of benzene rings is 2. The van der Waals surface area contributed by atoms with Crippen LogP contribution in [0.1, 0.15) is 68.1 Å². The van der Waals surface area contributed by atoms with Crippen LogP contribution in [0, 0.1) is 16.7 Å². The molecule has 0 N–H and O–H groups in total. The normalized spacial score (nSPS) is 32.1. The Hall–Kier alpha value is -2.42. The number of Topliss-reactive ketones (excluding diaryl/α,β-unsaturated/α-hetero) is 1. The molecule has 3 nitrogen and oxygen atoms in total. The number of ketones is 1. The summed E-state index contributed by atoms with van der Waals surface area (Å²) in [5.74, 6) is 2.20. The standard InChI is InChI=1S/C27H30O3/c1-26-13-11-23-22-9-8-21(30-18-19-5-3-2-4-6-19)17-20(22)7-10-24(23)27(26,15-16-28)14-12-25(26)29/h2-6,8-9,16-17,23-24H,7,10-15,18H2,1H3/t23-,24-,26-,27+/m1/s1. The van der Waals surface area contributed by atoms with Crippen molar-refractivity contribution in [2.75, 3.05) is 0 Å². The van der Waals surface area contributed by atoms with Crippen molar-refractivity contribution in [1.82, 2.24) is 0 Å². The summed E-state index contributed by atoms with van der Waals surface area (Å²) < 4.78 is 6.06. The molecule has 2 saturated carbocycles. The van der Waals surface area contributed by atoms with Crippen LogP contribution in [0.3, 0.4) is 0 Å². The van der Waals surface area contributed by atoms with Gasteiger partial charge in [-0.3, -0.25) is 4.79 Å². The molecule has 2 fully saturated rings. The Bertz CT molecular complexity index is 965. The number of carbonyl (C=O) groups excluding carboxylic acids is 2. The van der Waals surface area contributed by atoms with Crippen molar-refractivity contribution in [3.63, 3.8) is 0 Å². The average molecular weight is 403 g/mol. The SMILES string of the molecule is C[C@]12CC[C@@H]3c4ccc(OCc5ccccc5)cc4CC[C@H]3[C@@]1(CC=O)CCC2=O. The number of aldehydes is 1. The average Bonchev–Trinajstić information content (AvgIpc) is 3.04. The number of fused-ring (bicyclic) bond motifs is 5. The predicted molar refractivity (Wildman–Crippen MR) is 116 cm³/mol. The Balaban J connectivity index is 1.41. The molecule has 3 aliphatic rings. The molecule has 4 atom stereocenters. The molecular formula is C27H30O3. The van der Waals surface area contributed by atoms with Crippen LogP contribution < -0.4 is 4.74 Å². The van der Waals surface area contributed by atoms with E-state index in [4.69, 9.17) is 4.74 Å². The smallest absolute Gasteiger partial charge is 0.139 e. The van der Waals surface area contributed by atoms with Crippen LogP contribution in [0.4, 0.5) is 0 Å². The van der Waals surface area contributed by atoms with Crippen molar-refractivity contribution in [3.05, 3.63) is 65.2 Å². The Morgan fingerprint density at radius 2 is 1.90 bits per heavy atom. The highest BCUT2D eigenvalue weighted by molar-refractivity contribution is 5.88. The van der Waals surface area contributed by atoms with E-state index in [1.165, 1.54) is 16.7 Å². The van der Waals surface area contributed by atoms with Crippen LogP contribution in [0.2, 0.25) is 0 Å². The minimum Gasteiger partial charge on any atom is -0.489 e. The van der Waals surface area contributed by atoms with E-state index in [0.29, 0.717) is 37.1 Å². The fourth-order valence-corrected chi connectivity index (χ4v) is 6.96. The van der Waals surface area contributed by atoms with E-state index in [-0.39, 0.29) is 10.8 Å². The maximum atomic E-state index is 12.8. The van der Waals surface area contributed by atoms with E-state index in [1.54, 1.807) is 0 Å². The first-order valence-electron chi connectivity index (χ1n) is 11.3. The minimum atomic E-state index is -0.314. The van der Waals surface area contributed by atoms with E-state index in [2.05, 4.69) is 37.3 Å². The van der Waals surface area contributed by atoms with Crippen molar-refractivity contribution in [1.29, 1.82) is 0 Å². The maximum Gasteiger partial charge on any atom is 0.139 e. The third-order valence-corrected chi connectivity index (χ3v) is 8.60. The third kappa shape index (κ3) is 2.85. The summed E-state index contributed by atoms with van der Waals surface area (Å²) in [4.78, 5) is 24.5. The lowest BCUT2D eigenvalue weighted by atomic mass is 9.47. The van der Waals surface area contributed by atoms with Gasteiger partial charge in [0.2, 0.25) is 0 Å². The number of aryl methyl sites for hydroxylation is 1. The van der Waals surface area contributed by atoms with Gasteiger partial charge in [0, 0.05) is 18.3 Å². The van der Waals surface area contributed by atoms with Crippen molar-refractivity contribution < 1.29 is 14.3 Å². The van der Waals surface area contributed by atoms with Crippen LogP contribution in [0.15, 0.2) is 48.5 Å². The van der Waals surface area contributed by atoms with Crippen molar-refractivity contribution in [3.8, 4) is 5.75 Å². The molecule has 0 bridgehead atoms. The second-order valence-electron chi connectivity index (χ2n) is 9.71. The topological polar surface area (TPSA) is 43.4 Å². The Labute approximate surface area is 178 Å². The zero-order valence-electron chi connectivity index (χ0n) is 17.7. The Morgan fingerprint density at radius 1 is 1.07 bits per heavy atom. The second kappa shape index (κ2) is 7.37. The van der Waals surface area contributed by atoms with Crippen molar-refractivity contribution in [2.45, 2.75) is 64.4 Å². The zero-order chi connectivity index (χ0) is 20.8. The summed E-state index contributed by atoms with van der Waals surface area (Å²) >= 11 is 0. The largest absolute Gasteiger partial charge is 0.489 e. The van der Waals surface area contributed by atoms with Crippen LogP contribution in [0.5, 0.6) is 5.75 Å². The van der Waals surface area contributed by atoms with E-state index < -0.39 is 0 Å². The van der Waals surface area contributed by atoms with Gasteiger partial charge in [-0.05, 0) is 78.2 Å². The van der Waals surface area contributed by atoms with Gasteiger partial charge < -0.3 is 9.53 Å². The van der Waals surface area contributed by atoms with E-state index in [0.717, 1.165) is 44.1 Å². The Kier molecular flexibility index (Phi) is 4.80. The van der Waals surface area contributed by atoms with Gasteiger partial charge in [-0.1, -0.05) is 43.3 Å². The van der Waals surface area contributed by atoms with Crippen molar-refractivity contribution >= 4 is 12.1 Å². The lowest BCUT2D eigenvalue weighted by Crippen LogP contribution is -2.51. The Morgan fingerprint density at radius 3 is 2.70 bits per heavy atom. The number of ether oxygens (including phenoxy) is 1. The van der Waals surface area contributed by atoms with Crippen LogP contribution >= 0.6 is 0 Å². The molecule has 156 valence electrons. The number of carbonyl (C=O) groups is 2. The van der Waals surface area contributed by atoms with Gasteiger partial charge in [0.1, 0.15) is 24.4 Å². The number of rotatable bonds is 5. The first kappa shape index (κ1) is 19.5. The third-order valence-electron chi connectivity index (χ3n) is 8.60. The van der Waals surface area contributed by atoms with Crippen molar-refractivity contribution in [2.24, 2.45) is 16.7 Å². The van der Waals surface area contributed by atoms with Gasteiger partial charge in [-0.25, -0.2) is 0 Å². The fraction of sp³-hybridized carbons (Fsp3) is 0.481. The highest BCUT2D eigenvalue weighted by Crippen LogP contribution is 2.68. The molecular weight excluding hydrogens is 372 g/mol. The quantitative estimate of drug-likeness (QED) is 0.607. The van der Waals surface area contributed by atoms with Gasteiger partial charge >= 0.3 is 0 Å². The molecule has 0 spiro atoms. The van der Waals surface area contributed by atoms with Gasteiger partial charge in [0.15, 0.2) is 0 Å². The predicted octanol–water partition coefficient (Wildman–Crippen LogP) is 5.65. The zero-order valence-corrected chi connectivity index (χ0v) is 17.7. The summed E-state index contributed by atoms with van der Waals surface area (Å²) in [5, 5.41) is 0. The van der Waals surface area contributed by atoms with Crippen LogP contribution in [-0.4, -0.2) is 12.1 Å². The molecule has 0 heterocycles. The first-order valence-corrected chi connectivity index (χ1v) is 11.3. The molecule has 0 aromatic heterocycles. The molecule has 5 rings (SSSR count). The monoisotopic (exact) mass is 402 g/mol. The molecule has 0 saturated heterocycles. The van der Waals surface area contributed by atoms with Gasteiger partial charge in [-0.15, -0.1) is 0 Å². The molecule has 2 aromatic carbocycles. The summed E-state index contributed by atoms with van der Waals surface area (Å²) in [6, 6.07) is 16.8.